The summed E-state index contributed by atoms with van der Waals surface area (Å²) in [5.41, 5.74) is 0.324. The first-order valence-electron chi connectivity index (χ1n) is 7.44. The van der Waals surface area contributed by atoms with Crippen LogP contribution in [0, 0.1) is 5.92 Å². The number of H-pyrrole nitrogens is 1. The van der Waals surface area contributed by atoms with Crippen molar-refractivity contribution in [2.45, 2.75) is 19.4 Å². The predicted molar refractivity (Wildman–Crippen MR) is 82.6 cm³/mol. The summed E-state index contributed by atoms with van der Waals surface area (Å²) in [6.45, 7) is 3.49. The SMILES string of the molecule is O=C(NC[C@H]1CCCN(Cc2ccco2)C1)c1[nH]ncc1Cl. The van der Waals surface area contributed by atoms with E-state index in [2.05, 4.69) is 20.4 Å². The molecule has 1 aliphatic heterocycles. The molecule has 1 fully saturated rings. The van der Waals surface area contributed by atoms with Gasteiger partial charge in [-0.15, -0.1) is 0 Å². The topological polar surface area (TPSA) is 74.2 Å². The van der Waals surface area contributed by atoms with Crippen molar-refractivity contribution in [3.63, 3.8) is 0 Å². The Morgan fingerprint density at radius 3 is 3.23 bits per heavy atom. The van der Waals surface area contributed by atoms with E-state index in [1.807, 2.05) is 12.1 Å². The highest BCUT2D eigenvalue weighted by atomic mass is 35.5. The molecule has 2 aromatic heterocycles. The smallest absolute Gasteiger partial charge is 0.270 e. The highest BCUT2D eigenvalue weighted by Crippen LogP contribution is 2.18. The van der Waals surface area contributed by atoms with Gasteiger partial charge >= 0.3 is 0 Å². The number of aromatic amines is 1. The van der Waals surface area contributed by atoms with E-state index in [-0.39, 0.29) is 5.91 Å². The third-order valence-electron chi connectivity index (χ3n) is 3.93. The van der Waals surface area contributed by atoms with Crippen molar-refractivity contribution in [2.24, 2.45) is 5.92 Å². The molecule has 22 heavy (non-hydrogen) atoms. The number of rotatable bonds is 5. The highest BCUT2D eigenvalue weighted by molar-refractivity contribution is 6.33. The Balaban J connectivity index is 1.48. The summed E-state index contributed by atoms with van der Waals surface area (Å²) in [5, 5.41) is 9.65. The minimum absolute atomic E-state index is 0.203. The van der Waals surface area contributed by atoms with Crippen LogP contribution in [0.1, 0.15) is 29.1 Å². The molecule has 0 bridgehead atoms. The van der Waals surface area contributed by atoms with Gasteiger partial charge in [-0.1, -0.05) is 11.6 Å². The van der Waals surface area contributed by atoms with Crippen molar-refractivity contribution >= 4 is 17.5 Å². The van der Waals surface area contributed by atoms with Gasteiger partial charge in [-0.2, -0.15) is 5.10 Å². The Hall–Kier alpha value is -1.79. The molecule has 1 aliphatic rings. The zero-order valence-corrected chi connectivity index (χ0v) is 13.0. The molecule has 2 N–H and O–H groups in total. The third-order valence-corrected chi connectivity index (χ3v) is 4.22. The van der Waals surface area contributed by atoms with Crippen molar-refractivity contribution in [1.82, 2.24) is 20.4 Å². The maximum Gasteiger partial charge on any atom is 0.270 e. The summed E-state index contributed by atoms with van der Waals surface area (Å²) in [4.78, 5) is 14.4. The van der Waals surface area contributed by atoms with E-state index in [1.165, 1.54) is 6.20 Å². The van der Waals surface area contributed by atoms with Gasteiger partial charge < -0.3 is 9.73 Å². The Morgan fingerprint density at radius 1 is 1.59 bits per heavy atom. The van der Waals surface area contributed by atoms with E-state index in [9.17, 15) is 4.79 Å². The van der Waals surface area contributed by atoms with Gasteiger partial charge in [0.1, 0.15) is 11.5 Å². The minimum atomic E-state index is -0.203. The summed E-state index contributed by atoms with van der Waals surface area (Å²) in [6, 6.07) is 3.90. The van der Waals surface area contributed by atoms with Gasteiger partial charge in [0.25, 0.3) is 5.91 Å². The molecule has 6 nitrogen and oxygen atoms in total. The van der Waals surface area contributed by atoms with Crippen LogP contribution in [0.25, 0.3) is 0 Å². The van der Waals surface area contributed by atoms with Crippen LogP contribution in [0.2, 0.25) is 5.02 Å². The van der Waals surface area contributed by atoms with Gasteiger partial charge in [0.05, 0.1) is 24.0 Å². The Morgan fingerprint density at radius 2 is 2.50 bits per heavy atom. The maximum atomic E-state index is 12.0. The molecular formula is C15H19ClN4O2. The molecule has 0 radical (unpaired) electrons. The molecule has 1 amide bonds. The quantitative estimate of drug-likeness (QED) is 0.885. The second-order valence-corrected chi connectivity index (χ2v) is 6.03. The lowest BCUT2D eigenvalue weighted by Gasteiger charge is -2.32. The van der Waals surface area contributed by atoms with Gasteiger partial charge in [0, 0.05) is 13.1 Å². The third kappa shape index (κ3) is 3.69. The van der Waals surface area contributed by atoms with Crippen LogP contribution >= 0.6 is 11.6 Å². The van der Waals surface area contributed by atoms with E-state index in [0.717, 1.165) is 38.2 Å². The van der Waals surface area contributed by atoms with Crippen molar-refractivity contribution in [2.75, 3.05) is 19.6 Å². The maximum absolute atomic E-state index is 12.0. The lowest BCUT2D eigenvalue weighted by atomic mass is 9.98. The lowest BCUT2D eigenvalue weighted by molar-refractivity contribution is 0.0923. The number of nitrogens with one attached hydrogen (secondary N) is 2. The second-order valence-electron chi connectivity index (χ2n) is 5.63. The van der Waals surface area contributed by atoms with Gasteiger partial charge in [-0.05, 0) is 37.4 Å². The lowest BCUT2D eigenvalue weighted by Crippen LogP contribution is -2.40. The van der Waals surface area contributed by atoms with Crippen LogP contribution in [0.15, 0.2) is 29.0 Å². The number of piperidine rings is 1. The number of carbonyl (C=O) groups excluding carboxylic acids is 1. The zero-order chi connectivity index (χ0) is 15.4. The fourth-order valence-electron chi connectivity index (χ4n) is 2.84. The number of likely N-dealkylation sites (tertiary alicyclic amines) is 1. The molecule has 3 heterocycles. The molecule has 0 aliphatic carbocycles. The number of hydrogen-bond acceptors (Lipinski definition) is 4. The molecule has 118 valence electrons. The predicted octanol–water partition coefficient (Wildman–Crippen LogP) is 2.30. The summed E-state index contributed by atoms with van der Waals surface area (Å²) >= 11 is 5.89. The number of amides is 1. The van der Waals surface area contributed by atoms with Gasteiger partial charge in [0.15, 0.2) is 0 Å². The minimum Gasteiger partial charge on any atom is -0.468 e. The number of hydrogen-bond donors (Lipinski definition) is 2. The summed E-state index contributed by atoms with van der Waals surface area (Å²) < 4.78 is 5.39. The van der Waals surface area contributed by atoms with E-state index < -0.39 is 0 Å². The molecule has 3 rings (SSSR count). The van der Waals surface area contributed by atoms with Crippen LogP contribution in [-0.4, -0.2) is 40.6 Å². The molecule has 1 saturated heterocycles. The van der Waals surface area contributed by atoms with Crippen LogP contribution in [0.4, 0.5) is 0 Å². The van der Waals surface area contributed by atoms with E-state index >= 15 is 0 Å². The Labute approximate surface area is 133 Å². The highest BCUT2D eigenvalue weighted by Gasteiger charge is 2.22. The average molecular weight is 323 g/mol. The second kappa shape index (κ2) is 6.98. The summed E-state index contributed by atoms with van der Waals surface area (Å²) in [6.07, 6.45) is 5.38. The molecule has 1 atom stereocenters. The van der Waals surface area contributed by atoms with E-state index in [0.29, 0.717) is 23.2 Å². The Bertz CT molecular complexity index is 611. The number of carbonyl (C=O) groups is 1. The number of aromatic nitrogens is 2. The zero-order valence-electron chi connectivity index (χ0n) is 12.2. The van der Waals surface area contributed by atoms with Crippen molar-refractivity contribution in [1.29, 1.82) is 0 Å². The normalized spacial score (nSPS) is 19.2. The fourth-order valence-corrected chi connectivity index (χ4v) is 3.02. The van der Waals surface area contributed by atoms with Crippen LogP contribution in [-0.2, 0) is 6.54 Å². The molecule has 0 saturated carbocycles. The molecule has 7 heteroatoms. The van der Waals surface area contributed by atoms with Crippen LogP contribution in [0.3, 0.4) is 0 Å². The molecular weight excluding hydrogens is 304 g/mol. The number of halogens is 1. The number of nitrogens with zero attached hydrogens (tertiary/aromatic N) is 2. The first kappa shape index (κ1) is 15.1. The summed E-state index contributed by atoms with van der Waals surface area (Å²) in [5.74, 6) is 1.22. The molecule has 2 aromatic rings. The average Bonchev–Trinajstić information content (AvgIpc) is 3.17. The van der Waals surface area contributed by atoms with E-state index in [1.54, 1.807) is 6.26 Å². The standard InChI is InChI=1S/C15H19ClN4O2/c16-13-8-18-19-14(13)15(21)17-7-11-3-1-5-20(9-11)10-12-4-2-6-22-12/h2,4,6,8,11H,1,3,5,7,9-10H2,(H,17,21)(H,18,19)/t11-/m1/s1. The van der Waals surface area contributed by atoms with Crippen molar-refractivity contribution in [3.8, 4) is 0 Å². The molecule has 0 aromatic carbocycles. The molecule has 0 spiro atoms. The van der Waals surface area contributed by atoms with Crippen LogP contribution < -0.4 is 5.32 Å². The van der Waals surface area contributed by atoms with Crippen molar-refractivity contribution in [3.05, 3.63) is 41.1 Å². The van der Waals surface area contributed by atoms with Crippen LogP contribution in [0.5, 0.6) is 0 Å². The van der Waals surface area contributed by atoms with E-state index in [4.69, 9.17) is 16.0 Å². The molecule has 0 unspecified atom stereocenters. The first-order valence-corrected chi connectivity index (χ1v) is 7.82. The number of furan rings is 1. The fraction of sp³-hybridized carbons (Fsp3) is 0.467. The first-order chi connectivity index (χ1) is 10.7. The van der Waals surface area contributed by atoms with Gasteiger partial charge in [-0.3, -0.25) is 14.8 Å². The summed E-state index contributed by atoms with van der Waals surface area (Å²) in [7, 11) is 0. The monoisotopic (exact) mass is 322 g/mol. The van der Waals surface area contributed by atoms with Crippen molar-refractivity contribution < 1.29 is 9.21 Å². The largest absolute Gasteiger partial charge is 0.468 e. The van der Waals surface area contributed by atoms with Gasteiger partial charge in [-0.25, -0.2) is 0 Å². The van der Waals surface area contributed by atoms with Gasteiger partial charge in [0.2, 0.25) is 0 Å². The Kier molecular flexibility index (Phi) is 4.80.